The third kappa shape index (κ3) is 18.9. The molecule has 0 unspecified atom stereocenters. The average molecular weight is 344 g/mol. The molecule has 0 aliphatic rings. The first-order valence-corrected chi connectivity index (χ1v) is 13.6. The molecule has 0 aromatic carbocycles. The van der Waals surface area contributed by atoms with Crippen molar-refractivity contribution in [2.75, 3.05) is 0 Å². The zero-order chi connectivity index (χ0) is 13.4. The normalized spacial score (nSPS) is 9.65. The number of hydrogen-bond acceptors (Lipinski definition) is 0. The SMILES string of the molecule is C#CCC.CCC[CH2][Sn]([CH2]CCC)[CH2]CCC. The molecular formula is C16H33Sn. The maximum absolute atomic E-state index is 4.78. The fourth-order valence-corrected chi connectivity index (χ4v) is 11.1. The topological polar surface area (TPSA) is 0 Å². The van der Waals surface area contributed by atoms with Gasteiger partial charge in [-0.25, -0.2) is 0 Å². The molecule has 0 fully saturated rings. The van der Waals surface area contributed by atoms with E-state index in [1.54, 1.807) is 13.3 Å². The Hall–Kier alpha value is 0.359. The van der Waals surface area contributed by atoms with Gasteiger partial charge in [-0.15, -0.1) is 12.3 Å². The van der Waals surface area contributed by atoms with Crippen molar-refractivity contribution >= 4 is 19.8 Å². The Morgan fingerprint density at radius 1 is 0.765 bits per heavy atom. The molecule has 0 saturated carbocycles. The summed E-state index contributed by atoms with van der Waals surface area (Å²) in [6.07, 6.45) is 14.5. The Balaban J connectivity index is 0. The maximum atomic E-state index is 4.78. The van der Waals surface area contributed by atoms with Gasteiger partial charge in [0.2, 0.25) is 0 Å². The van der Waals surface area contributed by atoms with Crippen LogP contribution in [-0.4, -0.2) is 19.8 Å². The van der Waals surface area contributed by atoms with Crippen molar-refractivity contribution in [3.05, 3.63) is 0 Å². The van der Waals surface area contributed by atoms with E-state index >= 15 is 0 Å². The molecule has 0 aromatic rings. The summed E-state index contributed by atoms with van der Waals surface area (Å²) in [7, 11) is 0. The molecular weight excluding hydrogens is 311 g/mol. The molecule has 0 saturated heterocycles. The summed E-state index contributed by atoms with van der Waals surface area (Å²) in [6.45, 7) is 8.95. The van der Waals surface area contributed by atoms with Gasteiger partial charge in [-0.05, 0) is 0 Å². The van der Waals surface area contributed by atoms with Crippen molar-refractivity contribution < 1.29 is 0 Å². The van der Waals surface area contributed by atoms with Gasteiger partial charge < -0.3 is 0 Å². The van der Waals surface area contributed by atoms with E-state index < -0.39 is 19.8 Å². The van der Waals surface area contributed by atoms with Gasteiger partial charge in [-0.2, -0.15) is 0 Å². The van der Waals surface area contributed by atoms with Crippen molar-refractivity contribution in [2.24, 2.45) is 0 Å². The van der Waals surface area contributed by atoms with Crippen LogP contribution in [0, 0.1) is 12.3 Å². The van der Waals surface area contributed by atoms with Gasteiger partial charge in [0.25, 0.3) is 0 Å². The van der Waals surface area contributed by atoms with E-state index in [4.69, 9.17) is 6.42 Å². The van der Waals surface area contributed by atoms with Crippen LogP contribution < -0.4 is 0 Å². The van der Waals surface area contributed by atoms with Crippen LogP contribution in [-0.2, 0) is 0 Å². The third-order valence-corrected chi connectivity index (χ3v) is 11.9. The summed E-state index contributed by atoms with van der Waals surface area (Å²) < 4.78 is 5.04. The zero-order valence-electron chi connectivity index (χ0n) is 12.6. The summed E-state index contributed by atoms with van der Waals surface area (Å²) in [4.78, 5) is 0. The standard InChI is InChI=1S/3C4H9.C4H6.Sn/c4*1-3-4-2;/h3*1,3-4H2,2H3;1H,4H2,2H3;. The van der Waals surface area contributed by atoms with Crippen LogP contribution in [0.5, 0.6) is 0 Å². The van der Waals surface area contributed by atoms with E-state index in [-0.39, 0.29) is 0 Å². The van der Waals surface area contributed by atoms with Crippen molar-refractivity contribution in [1.29, 1.82) is 0 Å². The van der Waals surface area contributed by atoms with Crippen LogP contribution in [0.25, 0.3) is 0 Å². The van der Waals surface area contributed by atoms with Crippen LogP contribution in [0.15, 0.2) is 0 Å². The molecule has 0 N–H and O–H groups in total. The summed E-state index contributed by atoms with van der Waals surface area (Å²) in [5.74, 6) is 2.43. The van der Waals surface area contributed by atoms with Crippen LogP contribution >= 0.6 is 0 Å². The molecule has 1 radical (unpaired) electrons. The van der Waals surface area contributed by atoms with Crippen LogP contribution in [0.3, 0.4) is 0 Å². The Labute approximate surface area is 118 Å². The molecule has 0 aromatic heterocycles. The number of hydrogen-bond donors (Lipinski definition) is 0. The molecule has 0 atom stereocenters. The van der Waals surface area contributed by atoms with Gasteiger partial charge >= 0.3 is 92.4 Å². The van der Waals surface area contributed by atoms with Gasteiger partial charge in [0, 0.05) is 6.42 Å². The minimum atomic E-state index is -0.839. The van der Waals surface area contributed by atoms with Gasteiger partial charge in [-0.3, -0.25) is 0 Å². The summed E-state index contributed by atoms with van der Waals surface area (Å²) in [5, 5.41) is 0. The average Bonchev–Trinajstić information content (AvgIpc) is 2.38. The molecule has 0 bridgehead atoms. The van der Waals surface area contributed by atoms with E-state index in [9.17, 15) is 0 Å². The fraction of sp³-hybridized carbons (Fsp3) is 0.875. The van der Waals surface area contributed by atoms with E-state index in [1.807, 2.05) is 6.92 Å². The molecule has 0 heterocycles. The quantitative estimate of drug-likeness (QED) is 0.360. The molecule has 0 rings (SSSR count). The van der Waals surface area contributed by atoms with E-state index in [0.29, 0.717) is 0 Å². The van der Waals surface area contributed by atoms with Gasteiger partial charge in [0.15, 0.2) is 0 Å². The Morgan fingerprint density at radius 3 is 1.24 bits per heavy atom. The summed E-state index contributed by atoms with van der Waals surface area (Å²) >= 11 is -0.839. The predicted molar refractivity (Wildman–Crippen MR) is 84.0 cm³/mol. The molecule has 0 spiro atoms. The van der Waals surface area contributed by atoms with Crippen molar-refractivity contribution in [3.8, 4) is 12.3 Å². The second-order valence-electron chi connectivity index (χ2n) is 4.62. The van der Waals surface area contributed by atoms with Crippen LogP contribution in [0.4, 0.5) is 0 Å². The monoisotopic (exact) mass is 345 g/mol. The van der Waals surface area contributed by atoms with Crippen LogP contribution in [0.2, 0.25) is 13.3 Å². The predicted octanol–water partition coefficient (Wildman–Crippen LogP) is 5.91. The molecule has 0 aliphatic heterocycles. The third-order valence-electron chi connectivity index (χ3n) is 2.86. The first kappa shape index (κ1) is 19.7. The molecule has 1 heteroatoms. The van der Waals surface area contributed by atoms with Gasteiger partial charge in [0.05, 0.1) is 0 Å². The van der Waals surface area contributed by atoms with E-state index in [1.165, 1.54) is 38.5 Å². The number of rotatable bonds is 9. The van der Waals surface area contributed by atoms with Crippen molar-refractivity contribution in [2.45, 2.75) is 86.0 Å². The molecule has 101 valence electrons. The second kappa shape index (κ2) is 18.7. The zero-order valence-corrected chi connectivity index (χ0v) is 15.5. The molecule has 0 nitrogen and oxygen atoms in total. The van der Waals surface area contributed by atoms with Gasteiger partial charge in [-0.1, -0.05) is 6.92 Å². The minimum absolute atomic E-state index is 0.839. The van der Waals surface area contributed by atoms with Crippen molar-refractivity contribution in [3.63, 3.8) is 0 Å². The fourth-order valence-electron chi connectivity index (χ4n) is 1.66. The Bertz CT molecular complexity index is 138. The summed E-state index contributed by atoms with van der Waals surface area (Å²) in [6, 6.07) is 0. The second-order valence-corrected chi connectivity index (χ2v) is 13.2. The number of unbranched alkanes of at least 4 members (excludes halogenated alkanes) is 3. The first-order valence-electron chi connectivity index (χ1n) is 7.53. The molecule has 0 aliphatic carbocycles. The van der Waals surface area contributed by atoms with Crippen LogP contribution in [0.1, 0.15) is 72.6 Å². The van der Waals surface area contributed by atoms with E-state index in [2.05, 4.69) is 26.7 Å². The molecule has 17 heavy (non-hydrogen) atoms. The van der Waals surface area contributed by atoms with E-state index in [0.717, 1.165) is 6.42 Å². The Kier molecular flexibility index (Phi) is 21.7. The first-order chi connectivity index (χ1) is 8.26. The van der Waals surface area contributed by atoms with Gasteiger partial charge in [0.1, 0.15) is 0 Å². The summed E-state index contributed by atoms with van der Waals surface area (Å²) in [5.41, 5.74) is 0. The Morgan fingerprint density at radius 2 is 1.06 bits per heavy atom. The molecule has 0 amide bonds. The van der Waals surface area contributed by atoms with Crippen molar-refractivity contribution in [1.82, 2.24) is 0 Å². The number of terminal acetylenes is 1.